The minimum atomic E-state index is 0.541. The summed E-state index contributed by atoms with van der Waals surface area (Å²) in [5, 5.41) is 0. The summed E-state index contributed by atoms with van der Waals surface area (Å²) in [5.41, 5.74) is 0.541. The molecule has 0 aromatic rings. The van der Waals surface area contributed by atoms with E-state index in [-0.39, 0.29) is 0 Å². The summed E-state index contributed by atoms with van der Waals surface area (Å²) in [5.74, 6) is 6.90. The molecule has 6 atom stereocenters. The molecule has 3 rings (SSSR count). The summed E-state index contributed by atoms with van der Waals surface area (Å²) < 4.78 is 0. The Morgan fingerprint density at radius 3 is 1.75 bits per heavy atom. The van der Waals surface area contributed by atoms with Gasteiger partial charge in [0.15, 0.2) is 0 Å². The van der Waals surface area contributed by atoms with Gasteiger partial charge in [-0.2, -0.15) is 0 Å². The number of hydrogen-bond acceptors (Lipinski definition) is 0. The second-order valence-electron chi connectivity index (χ2n) is 11.0. The molecule has 3 aliphatic rings. The Labute approximate surface area is 152 Å². The van der Waals surface area contributed by atoms with Crippen LogP contribution in [0.2, 0.25) is 0 Å². The van der Waals surface area contributed by atoms with Crippen molar-refractivity contribution in [1.82, 2.24) is 0 Å². The third-order valence-corrected chi connectivity index (χ3v) is 7.44. The van der Waals surface area contributed by atoms with Crippen molar-refractivity contribution >= 4 is 0 Å². The van der Waals surface area contributed by atoms with Gasteiger partial charge in [-0.15, -0.1) is 0 Å². The average Bonchev–Trinajstić information content (AvgIpc) is 3.39. The molecule has 0 N–H and O–H groups in total. The van der Waals surface area contributed by atoms with Crippen LogP contribution in [0.1, 0.15) is 111 Å². The molecule has 0 saturated heterocycles. The van der Waals surface area contributed by atoms with Gasteiger partial charge in [0.05, 0.1) is 0 Å². The molecule has 0 bridgehead atoms. The molecule has 6 unspecified atom stereocenters. The fraction of sp³-hybridized carbons (Fsp3) is 1.00. The number of unbranched alkanes of at least 4 members (excludes halogenated alkanes) is 4. The number of rotatable bonds is 12. The van der Waals surface area contributed by atoms with Crippen LogP contribution in [0.3, 0.4) is 0 Å². The topological polar surface area (TPSA) is 0 Å². The molecule has 0 aromatic heterocycles. The van der Waals surface area contributed by atoms with Gasteiger partial charge in [0.25, 0.3) is 0 Å². The minimum absolute atomic E-state index is 0.541. The summed E-state index contributed by atoms with van der Waals surface area (Å²) in [6.45, 7) is 9.50. The lowest BCUT2D eigenvalue weighted by Gasteiger charge is -2.17. The van der Waals surface area contributed by atoms with Gasteiger partial charge in [-0.25, -0.2) is 0 Å². The minimum Gasteiger partial charge on any atom is -0.0651 e. The van der Waals surface area contributed by atoms with Gasteiger partial charge in [-0.05, 0) is 79.4 Å². The monoisotopic (exact) mass is 332 g/mol. The maximum absolute atomic E-state index is 2.38. The van der Waals surface area contributed by atoms with Crippen LogP contribution >= 0.6 is 0 Å². The molecule has 3 saturated carbocycles. The smallest absolute Gasteiger partial charge is 0.0380 e. The van der Waals surface area contributed by atoms with Crippen LogP contribution in [0.15, 0.2) is 0 Å². The van der Waals surface area contributed by atoms with E-state index in [0.29, 0.717) is 5.41 Å². The Hall–Kier alpha value is 0. The summed E-state index contributed by atoms with van der Waals surface area (Å²) in [6.07, 6.45) is 19.8. The van der Waals surface area contributed by atoms with Gasteiger partial charge in [0.1, 0.15) is 0 Å². The van der Waals surface area contributed by atoms with Crippen LogP contribution in [-0.2, 0) is 0 Å². The molecule has 3 aliphatic carbocycles. The summed E-state index contributed by atoms with van der Waals surface area (Å²) in [4.78, 5) is 0. The van der Waals surface area contributed by atoms with E-state index in [9.17, 15) is 0 Å². The summed E-state index contributed by atoms with van der Waals surface area (Å²) >= 11 is 0. The maximum atomic E-state index is 2.38. The second kappa shape index (κ2) is 8.13. The third kappa shape index (κ3) is 6.38. The van der Waals surface area contributed by atoms with E-state index in [1.54, 1.807) is 38.5 Å². The Morgan fingerprint density at radius 1 is 0.625 bits per heavy atom. The van der Waals surface area contributed by atoms with Crippen LogP contribution in [0, 0.1) is 40.9 Å². The van der Waals surface area contributed by atoms with Crippen molar-refractivity contribution in [3.05, 3.63) is 0 Å². The van der Waals surface area contributed by atoms with Gasteiger partial charge in [-0.3, -0.25) is 0 Å². The van der Waals surface area contributed by atoms with E-state index in [0.717, 1.165) is 35.5 Å². The van der Waals surface area contributed by atoms with E-state index < -0.39 is 0 Å². The molecular weight excluding hydrogens is 288 g/mol. The van der Waals surface area contributed by atoms with Crippen molar-refractivity contribution in [2.75, 3.05) is 0 Å². The van der Waals surface area contributed by atoms with Gasteiger partial charge in [-0.1, -0.05) is 72.6 Å². The zero-order valence-electron chi connectivity index (χ0n) is 17.2. The first kappa shape index (κ1) is 18.8. The van der Waals surface area contributed by atoms with Gasteiger partial charge >= 0.3 is 0 Å². The molecule has 0 heterocycles. The number of hydrogen-bond donors (Lipinski definition) is 0. The van der Waals surface area contributed by atoms with E-state index in [2.05, 4.69) is 27.7 Å². The van der Waals surface area contributed by atoms with E-state index in [1.807, 2.05) is 0 Å². The predicted molar refractivity (Wildman–Crippen MR) is 106 cm³/mol. The van der Waals surface area contributed by atoms with Gasteiger partial charge in [0, 0.05) is 0 Å². The van der Waals surface area contributed by atoms with Gasteiger partial charge < -0.3 is 0 Å². The lowest BCUT2D eigenvalue weighted by atomic mass is 9.89. The Morgan fingerprint density at radius 2 is 1.12 bits per heavy atom. The fourth-order valence-corrected chi connectivity index (χ4v) is 5.31. The van der Waals surface area contributed by atoms with Crippen LogP contribution in [0.25, 0.3) is 0 Å². The first-order valence-electron chi connectivity index (χ1n) is 11.5. The Balaban J connectivity index is 1.12. The Kier molecular flexibility index (Phi) is 6.36. The Bertz CT molecular complexity index is 376. The van der Waals surface area contributed by atoms with E-state index >= 15 is 0 Å². The van der Waals surface area contributed by atoms with Crippen molar-refractivity contribution < 1.29 is 0 Å². The zero-order chi connectivity index (χ0) is 17.2. The highest BCUT2D eigenvalue weighted by Crippen LogP contribution is 2.58. The fourth-order valence-electron chi connectivity index (χ4n) is 5.31. The molecule has 0 radical (unpaired) electrons. The van der Waals surface area contributed by atoms with Crippen LogP contribution in [0.5, 0.6) is 0 Å². The van der Waals surface area contributed by atoms with Crippen molar-refractivity contribution in [2.45, 2.75) is 111 Å². The van der Waals surface area contributed by atoms with E-state index in [4.69, 9.17) is 0 Å². The lowest BCUT2D eigenvalue weighted by Crippen LogP contribution is -2.03. The van der Waals surface area contributed by atoms with E-state index in [1.165, 1.54) is 44.9 Å². The molecular formula is C24H44. The molecule has 0 aromatic carbocycles. The van der Waals surface area contributed by atoms with Crippen LogP contribution in [0.4, 0.5) is 0 Å². The first-order valence-corrected chi connectivity index (χ1v) is 11.5. The molecule has 140 valence electrons. The summed E-state index contributed by atoms with van der Waals surface area (Å²) in [6, 6.07) is 0. The van der Waals surface area contributed by atoms with Crippen molar-refractivity contribution in [3.8, 4) is 0 Å². The average molecular weight is 333 g/mol. The largest absolute Gasteiger partial charge is 0.0651 e. The van der Waals surface area contributed by atoms with Gasteiger partial charge in [0.2, 0.25) is 0 Å². The normalized spacial score (nSPS) is 37.5. The third-order valence-electron chi connectivity index (χ3n) is 7.44. The zero-order valence-corrected chi connectivity index (χ0v) is 17.2. The maximum Gasteiger partial charge on any atom is -0.0380 e. The standard InChI is InChI=1S/C24H44/c1-5-18-13-20(18)15-22-17-23(22)16-21-14-19(21)11-9-7-6-8-10-12-24(2,3)4/h18-23H,5-17H2,1-4H3. The summed E-state index contributed by atoms with van der Waals surface area (Å²) in [7, 11) is 0. The molecule has 0 heteroatoms. The predicted octanol–water partition coefficient (Wildman–Crippen LogP) is 7.86. The molecule has 0 amide bonds. The molecule has 3 fully saturated rings. The van der Waals surface area contributed by atoms with Crippen LogP contribution in [-0.4, -0.2) is 0 Å². The molecule has 0 nitrogen and oxygen atoms in total. The second-order valence-corrected chi connectivity index (χ2v) is 11.0. The molecule has 0 aliphatic heterocycles. The lowest BCUT2D eigenvalue weighted by molar-refractivity contribution is 0.356. The molecule has 24 heavy (non-hydrogen) atoms. The van der Waals surface area contributed by atoms with Crippen molar-refractivity contribution in [1.29, 1.82) is 0 Å². The SMILES string of the molecule is CCC1CC1CC1CC1CC1CC1CCCCCCCC(C)(C)C. The highest BCUT2D eigenvalue weighted by molar-refractivity contribution is 4.98. The quantitative estimate of drug-likeness (QED) is 0.319. The van der Waals surface area contributed by atoms with Crippen molar-refractivity contribution in [3.63, 3.8) is 0 Å². The molecule has 0 spiro atoms. The highest BCUT2D eigenvalue weighted by atomic mass is 14.5. The first-order chi connectivity index (χ1) is 11.5. The highest BCUT2D eigenvalue weighted by Gasteiger charge is 2.48. The van der Waals surface area contributed by atoms with Crippen molar-refractivity contribution in [2.24, 2.45) is 40.9 Å². The van der Waals surface area contributed by atoms with Crippen LogP contribution < -0.4 is 0 Å².